The molecule has 0 radical (unpaired) electrons. The number of ether oxygens (including phenoxy) is 1. The molecular weight excluding hydrogens is 292 g/mol. The van der Waals surface area contributed by atoms with Crippen LogP contribution in [0.2, 0.25) is 5.02 Å². The molecular formula is C15H13ClN2O3. The standard InChI is InChI=1S/C15H13ClN2O3/c1-10(19)21-9-18-15(20)14-8-11(6-7-17-14)12-4-2-3-5-13(12)16/h2-8H,9H2,1H3,(H,18,20). The Morgan fingerprint density at radius 2 is 2.05 bits per heavy atom. The van der Waals surface area contributed by atoms with Crippen LogP contribution in [-0.2, 0) is 9.53 Å². The van der Waals surface area contributed by atoms with Crippen molar-refractivity contribution in [2.24, 2.45) is 0 Å². The Kier molecular flexibility index (Phi) is 4.90. The van der Waals surface area contributed by atoms with Crippen LogP contribution < -0.4 is 5.32 Å². The second kappa shape index (κ2) is 6.85. The smallest absolute Gasteiger partial charge is 0.304 e. The maximum absolute atomic E-state index is 11.9. The van der Waals surface area contributed by atoms with Gasteiger partial charge in [0.1, 0.15) is 5.69 Å². The Hall–Kier alpha value is -2.40. The van der Waals surface area contributed by atoms with Crippen LogP contribution in [-0.4, -0.2) is 23.6 Å². The minimum atomic E-state index is -0.465. The molecule has 108 valence electrons. The number of amides is 1. The van der Waals surface area contributed by atoms with E-state index in [1.807, 2.05) is 18.2 Å². The summed E-state index contributed by atoms with van der Waals surface area (Å²) in [6.45, 7) is 1.08. The van der Waals surface area contributed by atoms with Gasteiger partial charge in [-0.3, -0.25) is 14.6 Å². The van der Waals surface area contributed by atoms with E-state index in [1.54, 1.807) is 18.2 Å². The van der Waals surface area contributed by atoms with Crippen molar-refractivity contribution in [3.63, 3.8) is 0 Å². The summed E-state index contributed by atoms with van der Waals surface area (Å²) < 4.78 is 4.65. The van der Waals surface area contributed by atoms with E-state index in [4.69, 9.17) is 11.6 Å². The zero-order chi connectivity index (χ0) is 15.2. The van der Waals surface area contributed by atoms with Crippen molar-refractivity contribution in [3.8, 4) is 11.1 Å². The van der Waals surface area contributed by atoms with Crippen molar-refractivity contribution in [2.75, 3.05) is 6.73 Å². The highest BCUT2D eigenvalue weighted by molar-refractivity contribution is 6.33. The number of benzene rings is 1. The average Bonchev–Trinajstić information content (AvgIpc) is 2.47. The molecule has 0 fully saturated rings. The summed E-state index contributed by atoms with van der Waals surface area (Å²) in [4.78, 5) is 26.5. The number of nitrogens with one attached hydrogen (secondary N) is 1. The molecule has 1 aromatic heterocycles. The molecule has 2 aromatic rings. The molecule has 0 saturated heterocycles. The molecule has 5 nitrogen and oxygen atoms in total. The van der Waals surface area contributed by atoms with Crippen LogP contribution in [0.1, 0.15) is 17.4 Å². The van der Waals surface area contributed by atoms with Crippen LogP contribution in [0.25, 0.3) is 11.1 Å². The summed E-state index contributed by atoms with van der Waals surface area (Å²) >= 11 is 6.13. The van der Waals surface area contributed by atoms with Crippen LogP contribution in [0.4, 0.5) is 0 Å². The number of esters is 1. The van der Waals surface area contributed by atoms with Gasteiger partial charge in [0.25, 0.3) is 5.91 Å². The molecule has 0 saturated carbocycles. The normalized spacial score (nSPS) is 10.0. The minimum absolute atomic E-state index is 0.188. The Labute approximate surface area is 126 Å². The Morgan fingerprint density at radius 3 is 2.76 bits per heavy atom. The third-order valence-corrected chi connectivity index (χ3v) is 3.02. The van der Waals surface area contributed by atoms with Crippen LogP contribution in [0.15, 0.2) is 42.6 Å². The van der Waals surface area contributed by atoms with Crippen molar-refractivity contribution in [2.45, 2.75) is 6.92 Å². The zero-order valence-corrected chi connectivity index (χ0v) is 12.1. The highest BCUT2D eigenvalue weighted by Gasteiger charge is 2.10. The van der Waals surface area contributed by atoms with Crippen molar-refractivity contribution in [3.05, 3.63) is 53.3 Å². The highest BCUT2D eigenvalue weighted by atomic mass is 35.5. The first-order valence-corrected chi connectivity index (χ1v) is 6.58. The molecule has 6 heteroatoms. The molecule has 0 atom stereocenters. The van der Waals surface area contributed by atoms with Gasteiger partial charge in [-0.15, -0.1) is 0 Å². The number of carbonyl (C=O) groups excluding carboxylic acids is 2. The number of nitrogens with zero attached hydrogens (tertiary/aromatic N) is 1. The fraction of sp³-hybridized carbons (Fsp3) is 0.133. The fourth-order valence-corrected chi connectivity index (χ4v) is 1.96. The summed E-state index contributed by atoms with van der Waals surface area (Å²) in [7, 11) is 0. The van der Waals surface area contributed by atoms with Gasteiger partial charge in [0.15, 0.2) is 6.73 Å². The van der Waals surface area contributed by atoms with Crippen molar-refractivity contribution >= 4 is 23.5 Å². The van der Waals surface area contributed by atoms with Crippen molar-refractivity contribution < 1.29 is 14.3 Å². The van der Waals surface area contributed by atoms with Gasteiger partial charge in [-0.25, -0.2) is 0 Å². The second-order valence-electron chi connectivity index (χ2n) is 4.20. The topological polar surface area (TPSA) is 68.3 Å². The Bertz CT molecular complexity index is 673. The van der Waals surface area contributed by atoms with Gasteiger partial charge in [-0.05, 0) is 23.8 Å². The van der Waals surface area contributed by atoms with Crippen molar-refractivity contribution in [1.29, 1.82) is 0 Å². The summed E-state index contributed by atoms with van der Waals surface area (Å²) in [5.41, 5.74) is 1.82. The van der Waals surface area contributed by atoms with E-state index < -0.39 is 11.9 Å². The highest BCUT2D eigenvalue weighted by Crippen LogP contribution is 2.27. The van der Waals surface area contributed by atoms with Gasteiger partial charge >= 0.3 is 5.97 Å². The molecule has 1 heterocycles. The number of aromatic nitrogens is 1. The number of rotatable bonds is 4. The molecule has 0 unspecified atom stereocenters. The number of pyridine rings is 1. The molecule has 2 rings (SSSR count). The number of hydrogen-bond acceptors (Lipinski definition) is 4. The van der Waals surface area contributed by atoms with Gasteiger partial charge in [-0.1, -0.05) is 29.8 Å². The van der Waals surface area contributed by atoms with Gasteiger partial charge in [-0.2, -0.15) is 0 Å². The first kappa shape index (κ1) is 15.0. The van der Waals surface area contributed by atoms with Gasteiger partial charge in [0, 0.05) is 23.7 Å². The predicted octanol–water partition coefficient (Wildman–Crippen LogP) is 2.65. The Morgan fingerprint density at radius 1 is 1.29 bits per heavy atom. The van der Waals surface area contributed by atoms with Crippen LogP contribution in [0.3, 0.4) is 0 Å². The molecule has 0 aliphatic heterocycles. The van der Waals surface area contributed by atoms with E-state index in [0.717, 1.165) is 11.1 Å². The lowest BCUT2D eigenvalue weighted by Gasteiger charge is -2.07. The third kappa shape index (κ3) is 4.03. The van der Waals surface area contributed by atoms with E-state index in [0.29, 0.717) is 5.02 Å². The van der Waals surface area contributed by atoms with Crippen molar-refractivity contribution in [1.82, 2.24) is 10.3 Å². The van der Waals surface area contributed by atoms with E-state index in [2.05, 4.69) is 15.0 Å². The maximum atomic E-state index is 11.9. The van der Waals surface area contributed by atoms with Crippen LogP contribution >= 0.6 is 11.6 Å². The fourth-order valence-electron chi connectivity index (χ4n) is 1.71. The van der Waals surface area contributed by atoms with E-state index in [9.17, 15) is 9.59 Å². The molecule has 1 N–H and O–H groups in total. The maximum Gasteiger partial charge on any atom is 0.304 e. The van der Waals surface area contributed by atoms with Gasteiger partial charge < -0.3 is 10.1 Å². The number of hydrogen-bond donors (Lipinski definition) is 1. The lowest BCUT2D eigenvalue weighted by atomic mass is 10.1. The quantitative estimate of drug-likeness (QED) is 0.696. The van der Waals surface area contributed by atoms with E-state index in [-0.39, 0.29) is 12.4 Å². The van der Waals surface area contributed by atoms with Crippen LogP contribution in [0, 0.1) is 0 Å². The van der Waals surface area contributed by atoms with Gasteiger partial charge in [0.05, 0.1) is 0 Å². The largest absolute Gasteiger partial charge is 0.445 e. The summed E-state index contributed by atoms with van der Waals surface area (Å²) in [5.74, 6) is -0.891. The molecule has 0 aliphatic carbocycles. The monoisotopic (exact) mass is 304 g/mol. The predicted molar refractivity (Wildman–Crippen MR) is 78.8 cm³/mol. The summed E-state index contributed by atoms with van der Waals surface area (Å²) in [5, 5.41) is 3.04. The van der Waals surface area contributed by atoms with Crippen LogP contribution in [0.5, 0.6) is 0 Å². The second-order valence-corrected chi connectivity index (χ2v) is 4.60. The Balaban J connectivity index is 2.16. The summed E-state index contributed by atoms with van der Waals surface area (Å²) in [6.07, 6.45) is 1.53. The average molecular weight is 305 g/mol. The van der Waals surface area contributed by atoms with E-state index in [1.165, 1.54) is 13.1 Å². The SMILES string of the molecule is CC(=O)OCNC(=O)c1cc(-c2ccccc2Cl)ccn1. The molecule has 1 amide bonds. The lowest BCUT2D eigenvalue weighted by Crippen LogP contribution is -2.27. The minimum Gasteiger partial charge on any atom is -0.445 e. The number of halogens is 1. The molecule has 21 heavy (non-hydrogen) atoms. The number of carbonyl (C=O) groups is 2. The molecule has 0 aliphatic rings. The molecule has 1 aromatic carbocycles. The lowest BCUT2D eigenvalue weighted by molar-refractivity contribution is -0.141. The molecule has 0 bridgehead atoms. The molecule has 0 spiro atoms. The zero-order valence-electron chi connectivity index (χ0n) is 11.3. The van der Waals surface area contributed by atoms with E-state index >= 15 is 0 Å². The summed E-state index contributed by atoms with van der Waals surface area (Å²) in [6, 6.07) is 10.7. The van der Waals surface area contributed by atoms with Gasteiger partial charge in [0.2, 0.25) is 0 Å². The third-order valence-electron chi connectivity index (χ3n) is 2.69. The first-order chi connectivity index (χ1) is 10.1. The first-order valence-electron chi connectivity index (χ1n) is 6.20.